The zero-order chi connectivity index (χ0) is 24.0. The monoisotopic (exact) mass is 445 g/mol. The van der Waals surface area contributed by atoms with Crippen LogP contribution in [-0.2, 0) is 6.61 Å². The third-order valence-corrected chi connectivity index (χ3v) is 6.75. The highest BCUT2D eigenvalue weighted by Gasteiger charge is 2.37. The molecule has 0 aromatic heterocycles. The number of benzene rings is 3. The van der Waals surface area contributed by atoms with E-state index in [2.05, 4.69) is 39.8 Å². The third kappa shape index (κ3) is 5.70. The maximum Gasteiger partial charge on any atom is 0.343 e. The molecule has 0 saturated heterocycles. The van der Waals surface area contributed by atoms with Gasteiger partial charge in [-0.05, 0) is 53.6 Å². The molecule has 4 nitrogen and oxygen atoms in total. The Balaban J connectivity index is 2.11. The van der Waals surface area contributed by atoms with Gasteiger partial charge in [-0.2, -0.15) is 0 Å². The van der Waals surface area contributed by atoms with Crippen molar-refractivity contribution < 1.29 is 14.6 Å². The van der Waals surface area contributed by atoms with Gasteiger partial charge in [-0.15, -0.1) is 0 Å². The SMILES string of the molecule is CC(C)C(N)(CC(c1ccccc1)c1cc(CO)ccc1OC(=O)c1ccccc1)C(C)C. The number of aliphatic hydroxyl groups is 1. The number of rotatable bonds is 9. The highest BCUT2D eigenvalue weighted by atomic mass is 16.5. The van der Waals surface area contributed by atoms with Crippen molar-refractivity contribution in [3.05, 3.63) is 101 Å². The first kappa shape index (κ1) is 24.7. The summed E-state index contributed by atoms with van der Waals surface area (Å²) in [5.41, 5.74) is 9.79. The Morgan fingerprint density at radius 3 is 2.03 bits per heavy atom. The fraction of sp³-hybridized carbons (Fsp3) is 0.345. The molecule has 4 heteroatoms. The van der Waals surface area contributed by atoms with Crippen LogP contribution < -0.4 is 10.5 Å². The number of esters is 1. The standard InChI is InChI=1S/C29H35NO3/c1-20(2)29(30,21(3)4)18-26(23-11-7-5-8-12-23)25-17-22(19-31)15-16-27(25)33-28(32)24-13-9-6-10-14-24/h5-17,20-21,26,31H,18-19,30H2,1-4H3. The average Bonchev–Trinajstić information content (AvgIpc) is 2.83. The smallest absolute Gasteiger partial charge is 0.343 e. The molecule has 0 heterocycles. The Morgan fingerprint density at radius 2 is 1.48 bits per heavy atom. The minimum atomic E-state index is -0.434. The van der Waals surface area contributed by atoms with Gasteiger partial charge >= 0.3 is 5.97 Å². The number of hydrogen-bond acceptors (Lipinski definition) is 4. The number of carbonyl (C=O) groups is 1. The molecule has 3 aromatic carbocycles. The van der Waals surface area contributed by atoms with E-state index in [4.69, 9.17) is 10.5 Å². The van der Waals surface area contributed by atoms with E-state index in [9.17, 15) is 9.90 Å². The second kappa shape index (κ2) is 10.8. The molecule has 3 aromatic rings. The van der Waals surface area contributed by atoms with Crippen molar-refractivity contribution >= 4 is 5.97 Å². The normalized spacial score (nSPS) is 12.7. The van der Waals surface area contributed by atoms with Gasteiger partial charge in [0.1, 0.15) is 5.75 Å². The number of carbonyl (C=O) groups excluding carboxylic acids is 1. The Labute approximate surface area is 197 Å². The van der Waals surface area contributed by atoms with E-state index in [0.29, 0.717) is 17.7 Å². The van der Waals surface area contributed by atoms with Crippen molar-refractivity contribution in [2.75, 3.05) is 0 Å². The summed E-state index contributed by atoms with van der Waals surface area (Å²) in [6.07, 6.45) is 0.678. The molecule has 0 bridgehead atoms. The summed E-state index contributed by atoms with van der Waals surface area (Å²) in [6.45, 7) is 8.53. The van der Waals surface area contributed by atoms with Gasteiger partial charge in [0.2, 0.25) is 0 Å². The molecule has 0 aliphatic rings. The third-order valence-electron chi connectivity index (χ3n) is 6.75. The van der Waals surface area contributed by atoms with Crippen molar-refractivity contribution in [2.45, 2.75) is 52.2 Å². The fourth-order valence-electron chi connectivity index (χ4n) is 4.38. The fourth-order valence-corrected chi connectivity index (χ4v) is 4.38. The molecule has 1 unspecified atom stereocenters. The first-order valence-electron chi connectivity index (χ1n) is 11.6. The molecule has 0 aliphatic carbocycles. The maximum absolute atomic E-state index is 12.9. The van der Waals surface area contributed by atoms with E-state index in [1.165, 1.54) is 0 Å². The molecule has 0 aliphatic heterocycles. The summed E-state index contributed by atoms with van der Waals surface area (Å²) in [4.78, 5) is 12.9. The van der Waals surface area contributed by atoms with Gasteiger partial charge in [-0.1, -0.05) is 82.3 Å². The zero-order valence-electron chi connectivity index (χ0n) is 20.0. The van der Waals surface area contributed by atoms with E-state index >= 15 is 0 Å². The predicted octanol–water partition coefficient (Wildman–Crippen LogP) is 5.93. The summed E-state index contributed by atoms with van der Waals surface area (Å²) in [5.74, 6) is 0.475. The van der Waals surface area contributed by atoms with Crippen LogP contribution in [0.15, 0.2) is 78.9 Å². The predicted molar refractivity (Wildman–Crippen MR) is 133 cm³/mol. The molecule has 33 heavy (non-hydrogen) atoms. The van der Waals surface area contributed by atoms with Crippen molar-refractivity contribution in [2.24, 2.45) is 17.6 Å². The van der Waals surface area contributed by atoms with Crippen LogP contribution in [0.25, 0.3) is 0 Å². The molecule has 0 fully saturated rings. The van der Waals surface area contributed by atoms with E-state index in [1.54, 1.807) is 24.3 Å². The average molecular weight is 446 g/mol. The van der Waals surface area contributed by atoms with Crippen molar-refractivity contribution in [3.8, 4) is 5.75 Å². The second-order valence-corrected chi connectivity index (χ2v) is 9.38. The molecular formula is C29H35NO3. The lowest BCUT2D eigenvalue weighted by Gasteiger charge is -2.41. The summed E-state index contributed by atoms with van der Waals surface area (Å²) >= 11 is 0. The topological polar surface area (TPSA) is 72.6 Å². The van der Waals surface area contributed by atoms with Gasteiger partial charge in [-0.3, -0.25) is 0 Å². The summed E-state index contributed by atoms with van der Waals surface area (Å²) in [7, 11) is 0. The van der Waals surface area contributed by atoms with Gasteiger partial charge in [0.25, 0.3) is 0 Å². The van der Waals surface area contributed by atoms with E-state index in [1.807, 2.05) is 42.5 Å². The number of hydrogen-bond donors (Lipinski definition) is 2. The van der Waals surface area contributed by atoms with E-state index in [-0.39, 0.29) is 24.4 Å². The first-order chi connectivity index (χ1) is 15.8. The quantitative estimate of drug-likeness (QED) is 0.316. The minimum absolute atomic E-state index is 0.0937. The van der Waals surface area contributed by atoms with Crippen LogP contribution in [0.1, 0.15) is 67.1 Å². The van der Waals surface area contributed by atoms with Crippen LogP contribution in [-0.4, -0.2) is 16.6 Å². The molecule has 0 radical (unpaired) electrons. The Hall–Kier alpha value is -2.95. The van der Waals surface area contributed by atoms with E-state index in [0.717, 1.165) is 16.7 Å². The minimum Gasteiger partial charge on any atom is -0.423 e. The number of ether oxygens (including phenoxy) is 1. The van der Waals surface area contributed by atoms with Crippen LogP contribution >= 0.6 is 0 Å². The molecule has 3 N–H and O–H groups in total. The number of aliphatic hydroxyl groups excluding tert-OH is 1. The van der Waals surface area contributed by atoms with Gasteiger partial charge in [-0.25, -0.2) is 4.79 Å². The van der Waals surface area contributed by atoms with Crippen molar-refractivity contribution in [3.63, 3.8) is 0 Å². The molecule has 0 spiro atoms. The number of nitrogens with two attached hydrogens (primary N) is 1. The van der Waals surface area contributed by atoms with Crippen molar-refractivity contribution in [1.29, 1.82) is 0 Å². The molecule has 174 valence electrons. The molecule has 0 saturated carbocycles. The van der Waals surface area contributed by atoms with Crippen LogP contribution in [0, 0.1) is 11.8 Å². The van der Waals surface area contributed by atoms with Crippen LogP contribution in [0.2, 0.25) is 0 Å². The highest BCUT2D eigenvalue weighted by molar-refractivity contribution is 5.91. The first-order valence-corrected chi connectivity index (χ1v) is 11.6. The van der Waals surface area contributed by atoms with Crippen LogP contribution in [0.5, 0.6) is 5.75 Å². The maximum atomic E-state index is 12.9. The Kier molecular flexibility index (Phi) is 8.06. The van der Waals surface area contributed by atoms with E-state index < -0.39 is 11.5 Å². The lowest BCUT2D eigenvalue weighted by molar-refractivity contribution is 0.0732. The highest BCUT2D eigenvalue weighted by Crippen LogP contribution is 2.42. The molecular weight excluding hydrogens is 410 g/mol. The summed E-state index contributed by atoms with van der Waals surface area (Å²) in [6, 6.07) is 24.6. The lowest BCUT2D eigenvalue weighted by atomic mass is 9.69. The second-order valence-electron chi connectivity index (χ2n) is 9.38. The Morgan fingerprint density at radius 1 is 0.909 bits per heavy atom. The summed E-state index contributed by atoms with van der Waals surface area (Å²) in [5, 5.41) is 9.84. The lowest BCUT2D eigenvalue weighted by Crippen LogP contribution is -2.51. The molecule has 1 atom stereocenters. The summed E-state index contributed by atoms with van der Waals surface area (Å²) < 4.78 is 5.91. The van der Waals surface area contributed by atoms with Gasteiger partial charge in [0.05, 0.1) is 12.2 Å². The van der Waals surface area contributed by atoms with Gasteiger partial charge < -0.3 is 15.6 Å². The zero-order valence-corrected chi connectivity index (χ0v) is 20.0. The van der Waals surface area contributed by atoms with Crippen LogP contribution in [0.4, 0.5) is 0 Å². The Bertz CT molecular complexity index is 1040. The molecule has 0 amide bonds. The van der Waals surface area contributed by atoms with Gasteiger partial charge in [0, 0.05) is 17.0 Å². The van der Waals surface area contributed by atoms with Crippen molar-refractivity contribution in [1.82, 2.24) is 0 Å². The van der Waals surface area contributed by atoms with Gasteiger partial charge in [0.15, 0.2) is 0 Å². The van der Waals surface area contributed by atoms with Crippen LogP contribution in [0.3, 0.4) is 0 Å². The molecule has 3 rings (SSSR count). The largest absolute Gasteiger partial charge is 0.423 e.